The second kappa shape index (κ2) is 5.67. The van der Waals surface area contributed by atoms with Crippen molar-refractivity contribution in [3.8, 4) is 5.75 Å². The van der Waals surface area contributed by atoms with Crippen LogP contribution in [-0.4, -0.2) is 16.1 Å². The lowest BCUT2D eigenvalue weighted by atomic mass is 10.2. The molecule has 0 saturated heterocycles. The maximum absolute atomic E-state index is 13.5. The number of hydrogen-bond acceptors (Lipinski definition) is 3. The predicted molar refractivity (Wildman–Crippen MR) is 66.9 cm³/mol. The molecule has 2 aromatic rings. The number of hydrogen-bond donors (Lipinski definition) is 1. The zero-order valence-electron chi connectivity index (χ0n) is 9.64. The predicted octanol–water partition coefficient (Wildman–Crippen LogP) is 3.15. The molecule has 0 radical (unpaired) electrons. The Bertz CT molecular complexity index is 581. The smallest absolute Gasteiger partial charge is 0.354 e. The summed E-state index contributed by atoms with van der Waals surface area (Å²) in [5.41, 5.74) is 0.155. The minimum absolute atomic E-state index is 0.0559. The molecular formula is C13H9ClFNO3. The summed E-state index contributed by atoms with van der Waals surface area (Å²) in [6.45, 7) is -0.0559. The molecule has 98 valence electrons. The number of aromatic nitrogens is 1. The van der Waals surface area contributed by atoms with Gasteiger partial charge in [-0.2, -0.15) is 0 Å². The Morgan fingerprint density at radius 3 is 2.74 bits per heavy atom. The van der Waals surface area contributed by atoms with Crippen LogP contribution in [0.15, 0.2) is 36.5 Å². The van der Waals surface area contributed by atoms with Crippen LogP contribution in [0.2, 0.25) is 5.02 Å². The van der Waals surface area contributed by atoms with Crippen LogP contribution in [0.5, 0.6) is 5.75 Å². The van der Waals surface area contributed by atoms with Crippen molar-refractivity contribution in [2.24, 2.45) is 0 Å². The van der Waals surface area contributed by atoms with Crippen molar-refractivity contribution in [1.29, 1.82) is 0 Å². The second-order valence-corrected chi connectivity index (χ2v) is 4.08. The first-order valence-electron chi connectivity index (χ1n) is 5.33. The molecule has 4 nitrogen and oxygen atoms in total. The first-order chi connectivity index (χ1) is 9.08. The fourth-order valence-corrected chi connectivity index (χ4v) is 1.64. The molecular weight excluding hydrogens is 273 g/mol. The summed E-state index contributed by atoms with van der Waals surface area (Å²) in [5, 5.41) is 8.96. The van der Waals surface area contributed by atoms with Gasteiger partial charge in [0.1, 0.15) is 23.9 Å². The Kier molecular flexibility index (Phi) is 3.97. The fraction of sp³-hybridized carbons (Fsp3) is 0.0769. The molecule has 1 N–H and O–H groups in total. The van der Waals surface area contributed by atoms with Crippen molar-refractivity contribution in [3.63, 3.8) is 0 Å². The maximum atomic E-state index is 13.5. The van der Waals surface area contributed by atoms with Crippen LogP contribution >= 0.6 is 11.6 Å². The van der Waals surface area contributed by atoms with Gasteiger partial charge in [-0.1, -0.05) is 17.7 Å². The van der Waals surface area contributed by atoms with E-state index in [0.717, 1.165) is 0 Å². The Labute approximate surface area is 113 Å². The molecule has 0 amide bonds. The van der Waals surface area contributed by atoms with E-state index >= 15 is 0 Å². The van der Waals surface area contributed by atoms with Gasteiger partial charge in [-0.05, 0) is 24.3 Å². The van der Waals surface area contributed by atoms with E-state index in [4.69, 9.17) is 21.4 Å². The van der Waals surface area contributed by atoms with E-state index in [1.807, 2.05) is 0 Å². The molecule has 1 aromatic heterocycles. The molecule has 0 aliphatic carbocycles. The molecule has 6 heteroatoms. The topological polar surface area (TPSA) is 59.4 Å². The molecule has 0 atom stereocenters. The summed E-state index contributed by atoms with van der Waals surface area (Å²) in [7, 11) is 0. The van der Waals surface area contributed by atoms with Gasteiger partial charge < -0.3 is 9.84 Å². The van der Waals surface area contributed by atoms with E-state index in [1.54, 1.807) is 6.07 Å². The van der Waals surface area contributed by atoms with Gasteiger partial charge in [-0.3, -0.25) is 0 Å². The Hall–Kier alpha value is -2.14. The lowest BCUT2D eigenvalue weighted by Crippen LogP contribution is -2.02. The number of rotatable bonds is 4. The van der Waals surface area contributed by atoms with E-state index in [0.29, 0.717) is 5.75 Å². The lowest BCUT2D eigenvalue weighted by molar-refractivity contribution is 0.0690. The van der Waals surface area contributed by atoms with E-state index in [1.165, 1.54) is 30.5 Å². The minimum atomic E-state index is -1.12. The Morgan fingerprint density at radius 2 is 2.16 bits per heavy atom. The second-order valence-electron chi connectivity index (χ2n) is 3.67. The van der Waals surface area contributed by atoms with Crippen molar-refractivity contribution in [2.75, 3.05) is 0 Å². The molecule has 0 fully saturated rings. The molecule has 0 unspecified atom stereocenters. The van der Waals surface area contributed by atoms with E-state index in [9.17, 15) is 9.18 Å². The summed E-state index contributed by atoms with van der Waals surface area (Å²) >= 11 is 5.85. The molecule has 1 heterocycles. The van der Waals surface area contributed by atoms with Gasteiger partial charge in [0.2, 0.25) is 0 Å². The lowest BCUT2D eigenvalue weighted by Gasteiger charge is -2.08. The zero-order valence-corrected chi connectivity index (χ0v) is 10.4. The summed E-state index contributed by atoms with van der Waals surface area (Å²) in [5.74, 6) is -1.24. The van der Waals surface area contributed by atoms with Crippen molar-refractivity contribution >= 4 is 17.6 Å². The third-order valence-corrected chi connectivity index (χ3v) is 2.75. The van der Waals surface area contributed by atoms with Crippen LogP contribution in [0.3, 0.4) is 0 Å². The van der Waals surface area contributed by atoms with Gasteiger partial charge in [-0.15, -0.1) is 0 Å². The number of carbonyl (C=O) groups is 1. The van der Waals surface area contributed by atoms with Crippen LogP contribution in [0.25, 0.3) is 0 Å². The molecule has 0 aliphatic heterocycles. The summed E-state index contributed by atoms with van der Waals surface area (Å²) in [6, 6.07) is 7.11. The van der Waals surface area contributed by atoms with E-state index < -0.39 is 11.8 Å². The number of halogens is 2. The molecule has 1 aromatic carbocycles. The average Bonchev–Trinajstić information content (AvgIpc) is 2.38. The normalized spacial score (nSPS) is 10.2. The van der Waals surface area contributed by atoms with Crippen molar-refractivity contribution in [1.82, 2.24) is 4.98 Å². The highest BCUT2D eigenvalue weighted by molar-refractivity contribution is 6.31. The molecule has 0 bridgehead atoms. The highest BCUT2D eigenvalue weighted by Crippen LogP contribution is 2.21. The summed E-state index contributed by atoms with van der Waals surface area (Å²) in [6.07, 6.45) is 1.26. The number of carboxylic acid groups (broad SMARTS) is 1. The SMILES string of the molecule is O=C(O)c1ccc(OCc2c(F)cccc2Cl)cn1. The number of ether oxygens (including phenoxy) is 1. The zero-order chi connectivity index (χ0) is 13.8. The van der Waals surface area contributed by atoms with Crippen LogP contribution < -0.4 is 4.74 Å². The van der Waals surface area contributed by atoms with Crippen LogP contribution in [0.4, 0.5) is 4.39 Å². The molecule has 19 heavy (non-hydrogen) atoms. The maximum Gasteiger partial charge on any atom is 0.354 e. The minimum Gasteiger partial charge on any atom is -0.487 e. The van der Waals surface area contributed by atoms with Crippen LogP contribution in [-0.2, 0) is 6.61 Å². The molecule has 0 spiro atoms. The van der Waals surface area contributed by atoms with Crippen molar-refractivity contribution in [2.45, 2.75) is 6.61 Å². The van der Waals surface area contributed by atoms with Crippen molar-refractivity contribution < 1.29 is 19.0 Å². The van der Waals surface area contributed by atoms with Gasteiger partial charge in [0.25, 0.3) is 0 Å². The third kappa shape index (κ3) is 3.20. The van der Waals surface area contributed by atoms with Crippen LogP contribution in [0, 0.1) is 5.82 Å². The fourth-order valence-electron chi connectivity index (χ4n) is 1.42. The number of benzene rings is 1. The molecule has 2 rings (SSSR count). The number of aromatic carboxylic acids is 1. The number of nitrogens with zero attached hydrogens (tertiary/aromatic N) is 1. The Morgan fingerprint density at radius 1 is 1.37 bits per heavy atom. The van der Waals surface area contributed by atoms with Gasteiger partial charge in [0.15, 0.2) is 0 Å². The van der Waals surface area contributed by atoms with E-state index in [2.05, 4.69) is 4.98 Å². The molecule has 0 saturated carbocycles. The standard InChI is InChI=1S/C13H9ClFNO3/c14-10-2-1-3-11(15)9(10)7-19-8-4-5-12(13(17)18)16-6-8/h1-6H,7H2,(H,17,18). The molecule has 0 aliphatic rings. The highest BCUT2D eigenvalue weighted by Gasteiger charge is 2.08. The number of carboxylic acids is 1. The third-order valence-electron chi connectivity index (χ3n) is 2.40. The first-order valence-corrected chi connectivity index (χ1v) is 5.71. The number of pyridine rings is 1. The van der Waals surface area contributed by atoms with Gasteiger partial charge in [-0.25, -0.2) is 14.2 Å². The van der Waals surface area contributed by atoms with Crippen molar-refractivity contribution in [3.05, 3.63) is 58.6 Å². The average molecular weight is 282 g/mol. The van der Waals surface area contributed by atoms with Crippen LogP contribution in [0.1, 0.15) is 16.1 Å². The van der Waals surface area contributed by atoms with Gasteiger partial charge >= 0.3 is 5.97 Å². The first kappa shape index (κ1) is 13.3. The van der Waals surface area contributed by atoms with Gasteiger partial charge in [0, 0.05) is 5.56 Å². The summed E-state index contributed by atoms with van der Waals surface area (Å²) in [4.78, 5) is 14.3. The largest absolute Gasteiger partial charge is 0.487 e. The summed E-state index contributed by atoms with van der Waals surface area (Å²) < 4.78 is 18.8. The Balaban J connectivity index is 2.08. The van der Waals surface area contributed by atoms with Gasteiger partial charge in [0.05, 0.1) is 11.2 Å². The quantitative estimate of drug-likeness (QED) is 0.935. The highest BCUT2D eigenvalue weighted by atomic mass is 35.5. The van der Waals surface area contributed by atoms with E-state index in [-0.39, 0.29) is 22.9 Å². The monoisotopic (exact) mass is 281 g/mol.